The highest BCUT2D eigenvalue weighted by Crippen LogP contribution is 2.21. The van der Waals surface area contributed by atoms with Crippen molar-refractivity contribution in [3.8, 4) is 0 Å². The molecular formula is C11H18O4. The van der Waals surface area contributed by atoms with Crippen molar-refractivity contribution in [1.29, 1.82) is 0 Å². The average molecular weight is 214 g/mol. The fourth-order valence-electron chi connectivity index (χ4n) is 1.49. The van der Waals surface area contributed by atoms with Gasteiger partial charge in [0.1, 0.15) is 6.10 Å². The molecule has 0 aromatic heterocycles. The average Bonchev–Trinajstić information content (AvgIpc) is 2.63. The third-order valence-electron chi connectivity index (χ3n) is 2.86. The molecule has 0 radical (unpaired) electrons. The Morgan fingerprint density at radius 1 is 1.60 bits per heavy atom. The first-order valence-corrected chi connectivity index (χ1v) is 5.43. The summed E-state index contributed by atoms with van der Waals surface area (Å²) in [6.45, 7) is 5.94. The second kappa shape index (κ2) is 5.14. The zero-order valence-corrected chi connectivity index (χ0v) is 9.49. The van der Waals surface area contributed by atoms with Crippen LogP contribution in [0.4, 0.5) is 0 Å². The number of hydrogen-bond acceptors (Lipinski definition) is 4. The Morgan fingerprint density at radius 2 is 2.27 bits per heavy atom. The molecule has 86 valence electrons. The maximum absolute atomic E-state index is 11.5. The molecule has 1 aliphatic rings. The van der Waals surface area contributed by atoms with Crippen LogP contribution in [0.1, 0.15) is 33.6 Å². The summed E-state index contributed by atoms with van der Waals surface area (Å²) in [6, 6.07) is 0. The van der Waals surface area contributed by atoms with Gasteiger partial charge >= 0.3 is 11.9 Å². The van der Waals surface area contributed by atoms with Crippen molar-refractivity contribution >= 4 is 11.9 Å². The molecule has 1 aliphatic heterocycles. The molecule has 0 amide bonds. The number of hydrogen-bond donors (Lipinski definition) is 0. The smallest absolute Gasteiger partial charge is 0.312 e. The van der Waals surface area contributed by atoms with Crippen molar-refractivity contribution in [1.82, 2.24) is 0 Å². The molecule has 0 N–H and O–H groups in total. The van der Waals surface area contributed by atoms with E-state index >= 15 is 0 Å². The molecular weight excluding hydrogens is 196 g/mol. The van der Waals surface area contributed by atoms with E-state index in [1.807, 2.05) is 13.8 Å². The van der Waals surface area contributed by atoms with Crippen LogP contribution in [0.25, 0.3) is 0 Å². The van der Waals surface area contributed by atoms with Crippen molar-refractivity contribution in [3.63, 3.8) is 0 Å². The third-order valence-corrected chi connectivity index (χ3v) is 2.86. The predicted molar refractivity (Wildman–Crippen MR) is 54.1 cm³/mol. The van der Waals surface area contributed by atoms with Gasteiger partial charge in [-0.25, -0.2) is 0 Å². The Balaban J connectivity index is 2.44. The van der Waals surface area contributed by atoms with Crippen LogP contribution in [0.15, 0.2) is 0 Å². The lowest BCUT2D eigenvalue weighted by atomic mass is 10.0. The molecule has 0 aromatic rings. The monoisotopic (exact) mass is 214 g/mol. The van der Waals surface area contributed by atoms with E-state index in [1.54, 1.807) is 6.92 Å². The van der Waals surface area contributed by atoms with Gasteiger partial charge in [-0.15, -0.1) is 0 Å². The minimum absolute atomic E-state index is 0.107. The SMILES string of the molecule is CCC(C)C(=O)OC(C)C1CCOC1=O. The van der Waals surface area contributed by atoms with E-state index in [2.05, 4.69) is 0 Å². The number of cyclic esters (lactones) is 1. The molecule has 0 spiro atoms. The molecule has 1 rings (SSSR count). The summed E-state index contributed by atoms with van der Waals surface area (Å²) in [5.74, 6) is -0.868. The van der Waals surface area contributed by atoms with E-state index in [9.17, 15) is 9.59 Å². The molecule has 0 saturated carbocycles. The lowest BCUT2D eigenvalue weighted by Crippen LogP contribution is -2.29. The van der Waals surface area contributed by atoms with E-state index < -0.39 is 0 Å². The van der Waals surface area contributed by atoms with E-state index in [4.69, 9.17) is 9.47 Å². The van der Waals surface area contributed by atoms with Gasteiger partial charge in [-0.1, -0.05) is 13.8 Å². The van der Waals surface area contributed by atoms with Crippen molar-refractivity contribution in [2.75, 3.05) is 6.61 Å². The van der Waals surface area contributed by atoms with Gasteiger partial charge in [0.15, 0.2) is 0 Å². The van der Waals surface area contributed by atoms with Crippen LogP contribution in [0.2, 0.25) is 0 Å². The van der Waals surface area contributed by atoms with Gasteiger partial charge in [-0.2, -0.15) is 0 Å². The molecule has 3 atom stereocenters. The topological polar surface area (TPSA) is 52.6 Å². The maximum atomic E-state index is 11.5. The lowest BCUT2D eigenvalue weighted by Gasteiger charge is -2.18. The summed E-state index contributed by atoms with van der Waals surface area (Å²) in [7, 11) is 0. The van der Waals surface area contributed by atoms with Crippen LogP contribution in [0.3, 0.4) is 0 Å². The van der Waals surface area contributed by atoms with E-state index in [0.29, 0.717) is 13.0 Å². The Hall–Kier alpha value is -1.06. The van der Waals surface area contributed by atoms with Gasteiger partial charge in [0.2, 0.25) is 0 Å². The zero-order valence-electron chi connectivity index (χ0n) is 9.49. The highest BCUT2D eigenvalue weighted by Gasteiger charge is 2.34. The molecule has 4 heteroatoms. The molecule has 1 fully saturated rings. The normalized spacial score (nSPS) is 24.5. The molecule has 1 heterocycles. The van der Waals surface area contributed by atoms with Crippen LogP contribution in [-0.4, -0.2) is 24.6 Å². The number of rotatable bonds is 4. The summed E-state index contributed by atoms with van der Waals surface area (Å²) in [5.41, 5.74) is 0. The molecule has 3 unspecified atom stereocenters. The number of esters is 2. The van der Waals surface area contributed by atoms with Gasteiger partial charge in [0.05, 0.1) is 18.4 Å². The highest BCUT2D eigenvalue weighted by atomic mass is 16.6. The molecule has 0 aliphatic carbocycles. The molecule has 4 nitrogen and oxygen atoms in total. The van der Waals surface area contributed by atoms with E-state index in [-0.39, 0.29) is 29.9 Å². The number of carbonyl (C=O) groups is 2. The summed E-state index contributed by atoms with van der Waals surface area (Å²) in [5, 5.41) is 0. The van der Waals surface area contributed by atoms with Crippen LogP contribution >= 0.6 is 0 Å². The second-order valence-electron chi connectivity index (χ2n) is 4.01. The minimum atomic E-state index is -0.374. The van der Waals surface area contributed by atoms with Crippen LogP contribution in [0.5, 0.6) is 0 Å². The van der Waals surface area contributed by atoms with Crippen molar-refractivity contribution in [2.45, 2.75) is 39.7 Å². The van der Waals surface area contributed by atoms with Crippen LogP contribution < -0.4 is 0 Å². The molecule has 0 aromatic carbocycles. The van der Waals surface area contributed by atoms with Crippen molar-refractivity contribution in [2.24, 2.45) is 11.8 Å². The summed E-state index contributed by atoms with van der Waals surface area (Å²) >= 11 is 0. The van der Waals surface area contributed by atoms with Gasteiger partial charge < -0.3 is 9.47 Å². The van der Waals surface area contributed by atoms with Gasteiger partial charge in [-0.05, 0) is 19.8 Å². The largest absolute Gasteiger partial charge is 0.465 e. The van der Waals surface area contributed by atoms with Gasteiger partial charge in [0, 0.05) is 0 Å². The standard InChI is InChI=1S/C11H18O4/c1-4-7(2)10(12)15-8(3)9-5-6-14-11(9)13/h7-9H,4-6H2,1-3H3. The molecule has 1 saturated heterocycles. The zero-order chi connectivity index (χ0) is 11.4. The molecule has 0 bridgehead atoms. The van der Waals surface area contributed by atoms with Crippen molar-refractivity contribution in [3.05, 3.63) is 0 Å². The van der Waals surface area contributed by atoms with Gasteiger partial charge in [-0.3, -0.25) is 9.59 Å². The predicted octanol–water partition coefficient (Wildman–Crippen LogP) is 1.53. The Morgan fingerprint density at radius 3 is 2.73 bits per heavy atom. The first kappa shape index (κ1) is 12.0. The Bertz CT molecular complexity index is 249. The quantitative estimate of drug-likeness (QED) is 0.666. The lowest BCUT2D eigenvalue weighted by molar-refractivity contribution is -0.158. The summed E-state index contributed by atoms with van der Waals surface area (Å²) in [6.07, 6.45) is 1.02. The fourth-order valence-corrected chi connectivity index (χ4v) is 1.49. The van der Waals surface area contributed by atoms with E-state index in [1.165, 1.54) is 0 Å². The number of ether oxygens (including phenoxy) is 2. The van der Waals surface area contributed by atoms with Gasteiger partial charge in [0.25, 0.3) is 0 Å². The first-order valence-electron chi connectivity index (χ1n) is 5.43. The third kappa shape index (κ3) is 2.94. The van der Waals surface area contributed by atoms with E-state index in [0.717, 1.165) is 6.42 Å². The highest BCUT2D eigenvalue weighted by molar-refractivity contribution is 5.76. The minimum Gasteiger partial charge on any atom is -0.465 e. The first-order chi connectivity index (χ1) is 7.06. The fraction of sp³-hybridized carbons (Fsp3) is 0.818. The van der Waals surface area contributed by atoms with Crippen LogP contribution in [0, 0.1) is 11.8 Å². The maximum Gasteiger partial charge on any atom is 0.312 e. The van der Waals surface area contributed by atoms with Crippen molar-refractivity contribution < 1.29 is 19.1 Å². The Labute approximate surface area is 89.9 Å². The molecule has 15 heavy (non-hydrogen) atoms. The second-order valence-corrected chi connectivity index (χ2v) is 4.01. The van der Waals surface area contributed by atoms with Crippen LogP contribution in [-0.2, 0) is 19.1 Å². The summed E-state index contributed by atoms with van der Waals surface area (Å²) < 4.78 is 10.0. The Kier molecular flexibility index (Phi) is 4.12. The summed E-state index contributed by atoms with van der Waals surface area (Å²) in [4.78, 5) is 22.7. The number of carbonyl (C=O) groups excluding carboxylic acids is 2.